The van der Waals surface area contributed by atoms with Gasteiger partial charge in [-0.2, -0.15) is 0 Å². The maximum absolute atomic E-state index is 2.43. The van der Waals surface area contributed by atoms with Crippen molar-refractivity contribution in [3.05, 3.63) is 0 Å². The molecule has 0 saturated heterocycles. The predicted octanol–water partition coefficient (Wildman–Crippen LogP) is 8.35. The fraction of sp³-hybridized carbons (Fsp3) is 1.00. The molecule has 4 unspecified atom stereocenters. The lowest BCUT2D eigenvalue weighted by Crippen LogP contribution is -2.29. The monoisotopic (exact) mass is 324 g/mol. The van der Waals surface area contributed by atoms with E-state index in [0.29, 0.717) is 10.8 Å². The summed E-state index contributed by atoms with van der Waals surface area (Å²) in [5, 5.41) is 0. The summed E-state index contributed by atoms with van der Waals surface area (Å²) < 4.78 is 0. The summed E-state index contributed by atoms with van der Waals surface area (Å²) in [6.07, 6.45) is 11.7. The molecular weight excluding hydrogens is 276 g/mol. The second-order valence-electron chi connectivity index (χ2n) is 10.5. The highest BCUT2D eigenvalue weighted by Gasteiger charge is 2.31. The first-order valence-electron chi connectivity index (χ1n) is 10.0. The Morgan fingerprint density at radius 3 is 0.957 bits per heavy atom. The van der Waals surface area contributed by atoms with E-state index in [0.717, 1.165) is 23.7 Å². The molecule has 4 atom stereocenters. The van der Waals surface area contributed by atoms with Gasteiger partial charge in [0, 0.05) is 0 Å². The van der Waals surface area contributed by atoms with E-state index in [-0.39, 0.29) is 7.43 Å². The van der Waals surface area contributed by atoms with Gasteiger partial charge in [-0.15, -0.1) is 0 Å². The number of rotatable bonds is 0. The average molecular weight is 325 g/mol. The minimum Gasteiger partial charge on any atom is -0.0776 e. The Morgan fingerprint density at radius 2 is 0.783 bits per heavy atom. The van der Waals surface area contributed by atoms with Gasteiger partial charge in [0.05, 0.1) is 0 Å². The van der Waals surface area contributed by atoms with Gasteiger partial charge < -0.3 is 0 Å². The van der Waals surface area contributed by atoms with Crippen LogP contribution in [0.25, 0.3) is 0 Å². The van der Waals surface area contributed by atoms with Gasteiger partial charge in [-0.25, -0.2) is 0 Å². The molecule has 0 spiro atoms. The van der Waals surface area contributed by atoms with Gasteiger partial charge in [0.15, 0.2) is 0 Å². The number of hydrogen-bond acceptors (Lipinski definition) is 0. The van der Waals surface area contributed by atoms with E-state index in [9.17, 15) is 0 Å². The van der Waals surface area contributed by atoms with E-state index in [1.165, 1.54) is 51.4 Å². The third-order valence-electron chi connectivity index (χ3n) is 6.45. The second kappa shape index (κ2) is 9.47. The lowest BCUT2D eigenvalue weighted by molar-refractivity contribution is 0.119. The summed E-state index contributed by atoms with van der Waals surface area (Å²) in [6, 6.07) is 0. The molecule has 0 aromatic carbocycles. The first-order chi connectivity index (χ1) is 10.0. The van der Waals surface area contributed by atoms with Crippen LogP contribution < -0.4 is 0 Å². The fourth-order valence-electron chi connectivity index (χ4n) is 5.21. The Balaban J connectivity index is 0.000000403. The minimum atomic E-state index is 0. The zero-order chi connectivity index (χ0) is 17.0. The summed E-state index contributed by atoms with van der Waals surface area (Å²) in [5.74, 6) is 3.86. The van der Waals surface area contributed by atoms with Crippen LogP contribution in [-0.4, -0.2) is 0 Å². The van der Waals surface area contributed by atoms with Gasteiger partial charge in [-0.05, 0) is 47.3 Å². The fourth-order valence-corrected chi connectivity index (χ4v) is 5.21. The van der Waals surface area contributed by atoms with Gasteiger partial charge in [0.25, 0.3) is 0 Å². The normalized spacial score (nSPS) is 32.3. The van der Waals surface area contributed by atoms with E-state index in [2.05, 4.69) is 55.4 Å². The van der Waals surface area contributed by atoms with Crippen molar-refractivity contribution >= 4 is 0 Å². The predicted molar refractivity (Wildman–Crippen MR) is 108 cm³/mol. The lowest BCUT2D eigenvalue weighted by atomic mass is 9.67. The zero-order valence-electron chi connectivity index (χ0n) is 17.0. The lowest BCUT2D eigenvalue weighted by Gasteiger charge is -2.38. The van der Waals surface area contributed by atoms with Crippen LogP contribution in [0.2, 0.25) is 0 Å². The topological polar surface area (TPSA) is 0 Å². The molecule has 0 bridgehead atoms. The molecule has 2 fully saturated rings. The van der Waals surface area contributed by atoms with Gasteiger partial charge in [-0.3, -0.25) is 0 Å². The van der Waals surface area contributed by atoms with Gasteiger partial charge in [0.1, 0.15) is 0 Å². The summed E-state index contributed by atoms with van der Waals surface area (Å²) in [7, 11) is 0. The van der Waals surface area contributed by atoms with Crippen molar-refractivity contribution in [2.75, 3.05) is 0 Å². The Labute approximate surface area is 149 Å². The van der Waals surface area contributed by atoms with Gasteiger partial charge >= 0.3 is 0 Å². The average Bonchev–Trinajstić information content (AvgIpc) is 2.37. The maximum atomic E-state index is 2.43. The molecular formula is C23H48. The molecule has 23 heavy (non-hydrogen) atoms. The molecule has 0 radical (unpaired) electrons. The van der Waals surface area contributed by atoms with Gasteiger partial charge in [-0.1, -0.05) is 101 Å². The standard InChI is InChI=1S/2C11H22.CH4/c2*1-9-7-5-6-8-10(9)11(2,3)4;/h2*9-10H,5-8H2,1-4H3;1H4. The molecule has 2 aliphatic carbocycles. The third-order valence-corrected chi connectivity index (χ3v) is 6.45. The molecule has 0 aromatic rings. The largest absolute Gasteiger partial charge is 0.0776 e. The second-order valence-corrected chi connectivity index (χ2v) is 10.5. The van der Waals surface area contributed by atoms with Crippen LogP contribution in [-0.2, 0) is 0 Å². The third kappa shape index (κ3) is 7.61. The molecule has 0 nitrogen and oxygen atoms in total. The van der Waals surface area contributed by atoms with Crippen LogP contribution in [0, 0.1) is 34.5 Å². The van der Waals surface area contributed by atoms with Crippen molar-refractivity contribution in [2.45, 2.75) is 114 Å². The van der Waals surface area contributed by atoms with Gasteiger partial charge in [0.2, 0.25) is 0 Å². The van der Waals surface area contributed by atoms with E-state index >= 15 is 0 Å². The molecule has 2 aliphatic rings. The van der Waals surface area contributed by atoms with Crippen LogP contribution in [0.15, 0.2) is 0 Å². The van der Waals surface area contributed by atoms with E-state index in [1.54, 1.807) is 0 Å². The van der Waals surface area contributed by atoms with E-state index < -0.39 is 0 Å². The molecule has 0 aliphatic heterocycles. The van der Waals surface area contributed by atoms with Crippen LogP contribution in [0.3, 0.4) is 0 Å². The Hall–Kier alpha value is 0. The quantitative estimate of drug-likeness (QED) is 0.420. The van der Waals surface area contributed by atoms with Crippen molar-refractivity contribution in [1.82, 2.24) is 0 Å². The van der Waals surface area contributed by atoms with E-state index in [1.807, 2.05) is 0 Å². The molecule has 0 N–H and O–H groups in total. The Bertz CT molecular complexity index is 269. The van der Waals surface area contributed by atoms with Crippen LogP contribution in [0.1, 0.15) is 114 Å². The highest BCUT2D eigenvalue weighted by molar-refractivity contribution is 4.82. The van der Waals surface area contributed by atoms with Crippen LogP contribution >= 0.6 is 0 Å². The summed E-state index contributed by atoms with van der Waals surface area (Å²) in [6.45, 7) is 19.2. The summed E-state index contributed by atoms with van der Waals surface area (Å²) in [5.41, 5.74) is 1.08. The molecule has 0 heterocycles. The molecule has 0 amide bonds. The van der Waals surface area contributed by atoms with Crippen molar-refractivity contribution < 1.29 is 0 Å². The molecule has 140 valence electrons. The van der Waals surface area contributed by atoms with Crippen LogP contribution in [0.5, 0.6) is 0 Å². The maximum Gasteiger partial charge on any atom is -0.0340 e. The Morgan fingerprint density at radius 1 is 0.522 bits per heavy atom. The van der Waals surface area contributed by atoms with E-state index in [4.69, 9.17) is 0 Å². The summed E-state index contributed by atoms with van der Waals surface area (Å²) >= 11 is 0. The Kier molecular flexibility index (Phi) is 9.47. The highest BCUT2D eigenvalue weighted by atomic mass is 14.4. The minimum absolute atomic E-state index is 0. The number of hydrogen-bond donors (Lipinski definition) is 0. The van der Waals surface area contributed by atoms with Crippen molar-refractivity contribution in [2.24, 2.45) is 34.5 Å². The first-order valence-corrected chi connectivity index (χ1v) is 10.0. The molecule has 0 aromatic heterocycles. The first kappa shape index (κ1) is 23.0. The highest BCUT2D eigenvalue weighted by Crippen LogP contribution is 2.42. The van der Waals surface area contributed by atoms with Crippen molar-refractivity contribution in [3.63, 3.8) is 0 Å². The zero-order valence-corrected chi connectivity index (χ0v) is 17.0. The van der Waals surface area contributed by atoms with Crippen LogP contribution in [0.4, 0.5) is 0 Å². The molecule has 2 rings (SSSR count). The summed E-state index contributed by atoms with van der Waals surface area (Å²) in [4.78, 5) is 0. The van der Waals surface area contributed by atoms with Crippen molar-refractivity contribution in [3.8, 4) is 0 Å². The molecule has 0 heteroatoms. The smallest absolute Gasteiger partial charge is 0.0340 e. The van der Waals surface area contributed by atoms with Crippen molar-refractivity contribution in [1.29, 1.82) is 0 Å². The molecule has 2 saturated carbocycles. The SMILES string of the molecule is C.CC1CCCCC1C(C)(C)C.CC1CCCCC1C(C)(C)C.